The van der Waals surface area contributed by atoms with Gasteiger partial charge in [-0.25, -0.2) is 14.5 Å². The maximum absolute atomic E-state index is 10.9. The average Bonchev–Trinajstić information content (AvgIpc) is 2.40. The van der Waals surface area contributed by atoms with Crippen LogP contribution in [0.4, 0.5) is 0 Å². The molecule has 1 aromatic heterocycles. The van der Waals surface area contributed by atoms with Gasteiger partial charge in [-0.2, -0.15) is 5.10 Å². The van der Waals surface area contributed by atoms with E-state index >= 15 is 0 Å². The third-order valence-corrected chi connectivity index (χ3v) is 1.93. The predicted molar refractivity (Wildman–Crippen MR) is 49.8 cm³/mol. The van der Waals surface area contributed by atoms with Crippen molar-refractivity contribution in [3.8, 4) is 0 Å². The second-order valence-electron chi connectivity index (χ2n) is 3.08. The molecule has 1 heterocycles. The van der Waals surface area contributed by atoms with Crippen LogP contribution in [-0.2, 0) is 4.79 Å². The van der Waals surface area contributed by atoms with E-state index < -0.39 is 12.0 Å². The minimum absolute atomic E-state index is 0.315. The largest absolute Gasteiger partial charge is 0.480 e. The third kappa shape index (κ3) is 2.08. The quantitative estimate of drug-likeness (QED) is 0.702. The van der Waals surface area contributed by atoms with Crippen molar-refractivity contribution < 1.29 is 9.90 Å². The van der Waals surface area contributed by atoms with Gasteiger partial charge < -0.3 is 10.8 Å². The van der Waals surface area contributed by atoms with Gasteiger partial charge in [-0.15, -0.1) is 0 Å². The Morgan fingerprint density at radius 1 is 1.64 bits per heavy atom. The Kier molecular flexibility index (Phi) is 3.19. The normalized spacial score (nSPS) is 12.8. The number of carboxylic acids is 1. The van der Waals surface area contributed by atoms with Crippen LogP contribution in [0.5, 0.6) is 0 Å². The van der Waals surface area contributed by atoms with Crippen molar-refractivity contribution in [2.24, 2.45) is 5.73 Å². The van der Waals surface area contributed by atoms with E-state index in [1.54, 1.807) is 13.8 Å². The van der Waals surface area contributed by atoms with Crippen LogP contribution in [0.1, 0.15) is 24.1 Å². The average molecular weight is 198 g/mol. The molecule has 0 fully saturated rings. The van der Waals surface area contributed by atoms with Crippen molar-refractivity contribution in [2.75, 3.05) is 6.54 Å². The van der Waals surface area contributed by atoms with Gasteiger partial charge in [0.05, 0.1) is 0 Å². The number of carbonyl (C=O) groups is 1. The molecule has 78 valence electrons. The molecule has 1 rings (SSSR count). The number of carboxylic acid groups (broad SMARTS) is 1. The molecule has 0 aromatic carbocycles. The van der Waals surface area contributed by atoms with E-state index in [2.05, 4.69) is 10.1 Å². The molecule has 1 atom stereocenters. The summed E-state index contributed by atoms with van der Waals surface area (Å²) in [6, 6.07) is -0.707. The summed E-state index contributed by atoms with van der Waals surface area (Å²) in [5.41, 5.74) is 5.34. The van der Waals surface area contributed by atoms with Crippen LogP contribution in [0, 0.1) is 13.8 Å². The van der Waals surface area contributed by atoms with E-state index in [1.807, 2.05) is 0 Å². The maximum Gasteiger partial charge on any atom is 0.328 e. The lowest BCUT2D eigenvalue weighted by atomic mass is 10.2. The van der Waals surface area contributed by atoms with E-state index in [-0.39, 0.29) is 0 Å². The maximum atomic E-state index is 10.9. The highest BCUT2D eigenvalue weighted by Crippen LogP contribution is 2.12. The lowest BCUT2D eigenvalue weighted by molar-refractivity contribution is -0.141. The van der Waals surface area contributed by atoms with Crippen molar-refractivity contribution in [1.82, 2.24) is 14.8 Å². The molecule has 1 aromatic rings. The van der Waals surface area contributed by atoms with E-state index in [9.17, 15) is 4.79 Å². The third-order valence-electron chi connectivity index (χ3n) is 1.93. The van der Waals surface area contributed by atoms with Crippen LogP contribution in [0.3, 0.4) is 0 Å². The second kappa shape index (κ2) is 4.19. The van der Waals surface area contributed by atoms with Gasteiger partial charge in [0.2, 0.25) is 0 Å². The summed E-state index contributed by atoms with van der Waals surface area (Å²) in [6.45, 7) is 3.77. The summed E-state index contributed by atoms with van der Waals surface area (Å²) in [5, 5.41) is 13.0. The van der Waals surface area contributed by atoms with E-state index in [1.165, 1.54) is 4.68 Å². The minimum Gasteiger partial charge on any atom is -0.480 e. The molecule has 0 amide bonds. The smallest absolute Gasteiger partial charge is 0.328 e. The topological polar surface area (TPSA) is 94.0 Å². The predicted octanol–water partition coefficient (Wildman–Crippen LogP) is -0.131. The molecule has 0 aliphatic rings. The first kappa shape index (κ1) is 10.6. The molecular formula is C8H14N4O2. The first-order chi connectivity index (χ1) is 6.56. The fourth-order valence-corrected chi connectivity index (χ4v) is 1.34. The number of nitrogens with zero attached hydrogens (tertiary/aromatic N) is 3. The monoisotopic (exact) mass is 198 g/mol. The van der Waals surface area contributed by atoms with E-state index in [0.29, 0.717) is 24.6 Å². The molecule has 1 unspecified atom stereocenters. The van der Waals surface area contributed by atoms with Crippen molar-refractivity contribution in [2.45, 2.75) is 26.3 Å². The molecule has 0 radical (unpaired) electrons. The standard InChI is InChI=1S/C8H14N4O2/c1-5-10-6(2)12(11-5)7(3-4-9)8(13)14/h7H,3-4,9H2,1-2H3,(H,13,14). The fraction of sp³-hybridized carbons (Fsp3) is 0.625. The molecule has 6 heteroatoms. The Morgan fingerprint density at radius 3 is 2.64 bits per heavy atom. The van der Waals surface area contributed by atoms with Gasteiger partial charge in [0.25, 0.3) is 0 Å². The van der Waals surface area contributed by atoms with E-state index in [4.69, 9.17) is 10.8 Å². The summed E-state index contributed by atoms with van der Waals surface area (Å²) in [4.78, 5) is 15.0. The van der Waals surface area contributed by atoms with E-state index in [0.717, 1.165) is 0 Å². The Balaban J connectivity index is 2.98. The molecule has 0 spiro atoms. The lowest BCUT2D eigenvalue weighted by Crippen LogP contribution is -2.24. The molecule has 0 aliphatic carbocycles. The number of nitrogens with two attached hydrogens (primary N) is 1. The van der Waals surface area contributed by atoms with Gasteiger partial charge in [0.1, 0.15) is 11.6 Å². The summed E-state index contributed by atoms with van der Waals surface area (Å²) >= 11 is 0. The van der Waals surface area contributed by atoms with Gasteiger partial charge in [0, 0.05) is 0 Å². The van der Waals surface area contributed by atoms with Crippen molar-refractivity contribution in [1.29, 1.82) is 0 Å². The molecule has 6 nitrogen and oxygen atoms in total. The number of aryl methyl sites for hydroxylation is 2. The highest BCUT2D eigenvalue weighted by atomic mass is 16.4. The van der Waals surface area contributed by atoms with Gasteiger partial charge in [-0.05, 0) is 26.8 Å². The Bertz CT molecular complexity index is 334. The minimum atomic E-state index is -0.927. The zero-order chi connectivity index (χ0) is 10.7. The first-order valence-corrected chi connectivity index (χ1v) is 4.39. The van der Waals surface area contributed by atoms with Crippen LogP contribution in [-0.4, -0.2) is 32.4 Å². The van der Waals surface area contributed by atoms with Gasteiger partial charge in [-0.1, -0.05) is 0 Å². The second-order valence-corrected chi connectivity index (χ2v) is 3.08. The Morgan fingerprint density at radius 2 is 2.29 bits per heavy atom. The van der Waals surface area contributed by atoms with Crippen LogP contribution in [0.2, 0.25) is 0 Å². The molecule has 3 N–H and O–H groups in total. The molecule has 0 bridgehead atoms. The Hall–Kier alpha value is -1.43. The number of hydrogen-bond acceptors (Lipinski definition) is 4. The Labute approximate surface area is 81.7 Å². The molecule has 14 heavy (non-hydrogen) atoms. The molecule has 0 saturated carbocycles. The molecule has 0 aliphatic heterocycles. The summed E-state index contributed by atoms with van der Waals surface area (Å²) < 4.78 is 1.41. The SMILES string of the molecule is Cc1nc(C)n(C(CCN)C(=O)O)n1. The van der Waals surface area contributed by atoms with Gasteiger partial charge in [-0.3, -0.25) is 0 Å². The summed E-state index contributed by atoms with van der Waals surface area (Å²) in [5.74, 6) is 0.248. The molecule has 0 saturated heterocycles. The van der Waals surface area contributed by atoms with Gasteiger partial charge >= 0.3 is 5.97 Å². The summed E-state index contributed by atoms with van der Waals surface area (Å²) in [6.07, 6.45) is 0.360. The highest BCUT2D eigenvalue weighted by Gasteiger charge is 2.21. The number of aromatic nitrogens is 3. The highest BCUT2D eigenvalue weighted by molar-refractivity contribution is 5.71. The number of hydrogen-bond donors (Lipinski definition) is 2. The first-order valence-electron chi connectivity index (χ1n) is 4.39. The van der Waals surface area contributed by atoms with Gasteiger partial charge in [0.15, 0.2) is 6.04 Å². The van der Waals surface area contributed by atoms with Crippen molar-refractivity contribution in [3.63, 3.8) is 0 Å². The van der Waals surface area contributed by atoms with Crippen LogP contribution in [0.25, 0.3) is 0 Å². The number of aliphatic carboxylic acids is 1. The zero-order valence-electron chi connectivity index (χ0n) is 8.27. The molecular weight excluding hydrogens is 184 g/mol. The van der Waals surface area contributed by atoms with Crippen LogP contribution in [0.15, 0.2) is 0 Å². The fourth-order valence-electron chi connectivity index (χ4n) is 1.34. The van der Waals surface area contributed by atoms with Crippen molar-refractivity contribution >= 4 is 5.97 Å². The number of rotatable bonds is 4. The summed E-state index contributed by atoms with van der Waals surface area (Å²) in [7, 11) is 0. The lowest BCUT2D eigenvalue weighted by Gasteiger charge is -2.12. The van der Waals surface area contributed by atoms with Crippen molar-refractivity contribution in [3.05, 3.63) is 11.6 Å². The van der Waals surface area contributed by atoms with Crippen LogP contribution >= 0.6 is 0 Å². The van der Waals surface area contributed by atoms with Crippen LogP contribution < -0.4 is 5.73 Å². The zero-order valence-corrected chi connectivity index (χ0v) is 8.27.